The number of nitrogens with one attached hydrogen (secondary N) is 1. The van der Waals surface area contributed by atoms with Gasteiger partial charge in [0.25, 0.3) is 0 Å². The quantitative estimate of drug-likeness (QED) is 0.572. The first-order chi connectivity index (χ1) is 16.5. The average Bonchev–Trinajstić information content (AvgIpc) is 3.32. The van der Waals surface area contributed by atoms with Gasteiger partial charge in [0.15, 0.2) is 11.5 Å². The SMILES string of the molecule is CC[C@H](C(=O)NC1CCCCC1)N(Cc1ccccc1C)C(=O)CCc1ccc2c(c1)OCO2. The number of fused-ring (bicyclic) bond motifs is 1. The summed E-state index contributed by atoms with van der Waals surface area (Å²) in [6, 6.07) is 13.6. The fourth-order valence-electron chi connectivity index (χ4n) is 4.93. The fourth-order valence-corrected chi connectivity index (χ4v) is 4.93. The van der Waals surface area contributed by atoms with E-state index in [4.69, 9.17) is 9.47 Å². The maximum atomic E-state index is 13.6. The van der Waals surface area contributed by atoms with E-state index in [1.54, 1.807) is 4.90 Å². The lowest BCUT2D eigenvalue weighted by Crippen LogP contribution is -2.51. The van der Waals surface area contributed by atoms with Gasteiger partial charge in [-0.3, -0.25) is 9.59 Å². The summed E-state index contributed by atoms with van der Waals surface area (Å²) in [4.78, 5) is 28.7. The van der Waals surface area contributed by atoms with Crippen LogP contribution in [0.1, 0.15) is 68.6 Å². The molecule has 2 aromatic carbocycles. The van der Waals surface area contributed by atoms with E-state index < -0.39 is 6.04 Å². The second-order valence-electron chi connectivity index (χ2n) is 9.40. The summed E-state index contributed by atoms with van der Waals surface area (Å²) in [7, 11) is 0. The first-order valence-electron chi connectivity index (χ1n) is 12.6. The van der Waals surface area contributed by atoms with Gasteiger partial charge in [0.2, 0.25) is 18.6 Å². The number of benzene rings is 2. The van der Waals surface area contributed by atoms with Crippen molar-refractivity contribution < 1.29 is 19.1 Å². The molecule has 34 heavy (non-hydrogen) atoms. The van der Waals surface area contributed by atoms with Gasteiger partial charge in [-0.25, -0.2) is 0 Å². The summed E-state index contributed by atoms with van der Waals surface area (Å²) in [5.41, 5.74) is 3.22. The van der Waals surface area contributed by atoms with E-state index in [1.165, 1.54) is 6.42 Å². The van der Waals surface area contributed by atoms with Gasteiger partial charge in [-0.15, -0.1) is 0 Å². The number of rotatable bonds is 9. The normalized spacial score (nSPS) is 16.2. The summed E-state index contributed by atoms with van der Waals surface area (Å²) in [6.45, 7) is 4.70. The van der Waals surface area contributed by atoms with E-state index in [0.717, 1.165) is 53.9 Å². The van der Waals surface area contributed by atoms with Crippen molar-refractivity contribution in [2.75, 3.05) is 6.79 Å². The molecule has 1 fully saturated rings. The predicted molar refractivity (Wildman–Crippen MR) is 132 cm³/mol. The molecule has 182 valence electrons. The molecule has 2 aromatic rings. The number of carbonyl (C=O) groups excluding carboxylic acids is 2. The van der Waals surface area contributed by atoms with E-state index in [1.807, 2.05) is 56.3 Å². The van der Waals surface area contributed by atoms with Gasteiger partial charge in [-0.05, 0) is 61.4 Å². The minimum atomic E-state index is -0.481. The number of aryl methyl sites for hydroxylation is 2. The zero-order valence-electron chi connectivity index (χ0n) is 20.3. The molecule has 0 unspecified atom stereocenters. The predicted octanol–water partition coefficient (Wildman–Crippen LogP) is 4.91. The van der Waals surface area contributed by atoms with Gasteiger partial charge in [0.05, 0.1) is 0 Å². The van der Waals surface area contributed by atoms with E-state index >= 15 is 0 Å². The van der Waals surface area contributed by atoms with Crippen LogP contribution in [0.25, 0.3) is 0 Å². The van der Waals surface area contributed by atoms with Crippen molar-refractivity contribution in [3.63, 3.8) is 0 Å². The Labute approximate surface area is 202 Å². The van der Waals surface area contributed by atoms with Crippen LogP contribution in [0.4, 0.5) is 0 Å². The van der Waals surface area contributed by atoms with Gasteiger partial charge >= 0.3 is 0 Å². The third kappa shape index (κ3) is 5.91. The van der Waals surface area contributed by atoms with Crippen LogP contribution in [-0.4, -0.2) is 35.6 Å². The maximum Gasteiger partial charge on any atom is 0.243 e. The number of ether oxygens (including phenoxy) is 2. The molecule has 0 spiro atoms. The molecular weight excluding hydrogens is 428 g/mol. The Bertz CT molecular complexity index is 1000. The third-order valence-corrected chi connectivity index (χ3v) is 7.00. The van der Waals surface area contributed by atoms with Gasteiger partial charge in [0.1, 0.15) is 6.04 Å². The Morgan fingerprint density at radius 3 is 2.59 bits per heavy atom. The average molecular weight is 465 g/mol. The Hall–Kier alpha value is -3.02. The minimum Gasteiger partial charge on any atom is -0.454 e. The van der Waals surface area contributed by atoms with E-state index in [2.05, 4.69) is 5.32 Å². The van der Waals surface area contributed by atoms with E-state index in [9.17, 15) is 9.59 Å². The zero-order valence-corrected chi connectivity index (χ0v) is 20.3. The van der Waals surface area contributed by atoms with Gasteiger partial charge < -0.3 is 19.7 Å². The zero-order chi connectivity index (χ0) is 23.9. The molecule has 0 radical (unpaired) electrons. The number of carbonyl (C=O) groups is 2. The highest BCUT2D eigenvalue weighted by Crippen LogP contribution is 2.33. The molecule has 6 nitrogen and oxygen atoms in total. The Morgan fingerprint density at radius 2 is 1.82 bits per heavy atom. The first kappa shape index (κ1) is 24.1. The highest BCUT2D eigenvalue weighted by Gasteiger charge is 2.30. The molecule has 1 aliphatic carbocycles. The van der Waals surface area contributed by atoms with Crippen molar-refractivity contribution in [2.45, 2.75) is 83.8 Å². The monoisotopic (exact) mass is 464 g/mol. The van der Waals surface area contributed by atoms with Crippen LogP contribution in [0, 0.1) is 6.92 Å². The molecular formula is C28H36N2O4. The van der Waals surface area contributed by atoms with Crippen LogP contribution >= 0.6 is 0 Å². The number of hydrogen-bond donors (Lipinski definition) is 1. The molecule has 0 aromatic heterocycles. The molecule has 1 aliphatic heterocycles. The fraction of sp³-hybridized carbons (Fsp3) is 0.500. The van der Waals surface area contributed by atoms with Crippen LogP contribution in [0.15, 0.2) is 42.5 Å². The van der Waals surface area contributed by atoms with Crippen LogP contribution in [0.5, 0.6) is 11.5 Å². The summed E-state index contributed by atoms with van der Waals surface area (Å²) in [5.74, 6) is 1.42. The lowest BCUT2D eigenvalue weighted by atomic mass is 9.95. The second kappa shape index (κ2) is 11.4. The first-order valence-corrected chi connectivity index (χ1v) is 12.6. The molecule has 0 bridgehead atoms. The number of amides is 2. The van der Waals surface area contributed by atoms with Crippen molar-refractivity contribution in [3.8, 4) is 11.5 Å². The molecule has 2 amide bonds. The van der Waals surface area contributed by atoms with Crippen LogP contribution in [-0.2, 0) is 22.6 Å². The van der Waals surface area contributed by atoms with Crippen molar-refractivity contribution >= 4 is 11.8 Å². The van der Waals surface area contributed by atoms with E-state index in [0.29, 0.717) is 25.8 Å². The molecule has 1 N–H and O–H groups in total. The lowest BCUT2D eigenvalue weighted by Gasteiger charge is -2.33. The summed E-state index contributed by atoms with van der Waals surface area (Å²) >= 11 is 0. The number of hydrogen-bond acceptors (Lipinski definition) is 4. The maximum absolute atomic E-state index is 13.6. The van der Waals surface area contributed by atoms with Crippen molar-refractivity contribution in [3.05, 3.63) is 59.2 Å². The highest BCUT2D eigenvalue weighted by atomic mass is 16.7. The summed E-state index contributed by atoms with van der Waals surface area (Å²) < 4.78 is 10.9. The van der Waals surface area contributed by atoms with Crippen molar-refractivity contribution in [2.24, 2.45) is 0 Å². The standard InChI is InChI=1S/C28H36N2O4/c1-3-24(28(32)29-23-11-5-4-6-12-23)30(18-22-10-8-7-9-20(22)2)27(31)16-14-21-13-15-25-26(17-21)34-19-33-25/h7-10,13,15,17,23-24H,3-6,11-12,14,16,18-19H2,1-2H3,(H,29,32)/t24-/m1/s1. The minimum absolute atomic E-state index is 0.00781. The largest absolute Gasteiger partial charge is 0.454 e. The van der Waals surface area contributed by atoms with Gasteiger partial charge in [-0.2, -0.15) is 0 Å². The lowest BCUT2D eigenvalue weighted by molar-refractivity contribution is -0.141. The Kier molecular flexibility index (Phi) is 8.09. The van der Waals surface area contributed by atoms with Gasteiger partial charge in [-0.1, -0.05) is 56.5 Å². The molecule has 2 aliphatic rings. The molecule has 1 heterocycles. The van der Waals surface area contributed by atoms with Gasteiger partial charge in [0, 0.05) is 19.0 Å². The summed E-state index contributed by atoms with van der Waals surface area (Å²) in [5, 5.41) is 3.24. The molecule has 4 rings (SSSR count). The van der Waals surface area contributed by atoms with Crippen molar-refractivity contribution in [1.82, 2.24) is 10.2 Å². The Morgan fingerprint density at radius 1 is 1.06 bits per heavy atom. The molecule has 1 atom stereocenters. The number of nitrogens with zero attached hydrogens (tertiary/aromatic N) is 1. The molecule has 1 saturated carbocycles. The van der Waals surface area contributed by atoms with Crippen molar-refractivity contribution in [1.29, 1.82) is 0 Å². The molecule has 0 saturated heterocycles. The van der Waals surface area contributed by atoms with Crippen LogP contribution < -0.4 is 14.8 Å². The Balaban J connectivity index is 1.49. The van der Waals surface area contributed by atoms with Crippen LogP contribution in [0.3, 0.4) is 0 Å². The van der Waals surface area contributed by atoms with E-state index in [-0.39, 0.29) is 24.6 Å². The second-order valence-corrected chi connectivity index (χ2v) is 9.40. The smallest absolute Gasteiger partial charge is 0.243 e. The third-order valence-electron chi connectivity index (χ3n) is 7.00. The topological polar surface area (TPSA) is 67.9 Å². The highest BCUT2D eigenvalue weighted by molar-refractivity contribution is 5.88. The van der Waals surface area contributed by atoms with Crippen LogP contribution in [0.2, 0.25) is 0 Å². The summed E-state index contributed by atoms with van der Waals surface area (Å²) in [6.07, 6.45) is 7.10. The molecule has 6 heteroatoms.